The molecule has 0 spiro atoms. The van der Waals surface area contributed by atoms with Crippen LogP contribution in [0.2, 0.25) is 0 Å². The minimum absolute atomic E-state index is 0.285. The van der Waals surface area contributed by atoms with Crippen LogP contribution in [0.1, 0.15) is 5.56 Å². The minimum Gasteiger partial charge on any atom is -0.392 e. The van der Waals surface area contributed by atoms with Crippen molar-refractivity contribution in [3.63, 3.8) is 0 Å². The van der Waals surface area contributed by atoms with Crippen molar-refractivity contribution in [2.24, 2.45) is 0 Å². The summed E-state index contributed by atoms with van der Waals surface area (Å²) in [6.07, 6.45) is 3.23. The summed E-state index contributed by atoms with van der Waals surface area (Å²) < 4.78 is 13.1. The second-order valence-corrected chi connectivity index (χ2v) is 2.78. The molecule has 0 saturated heterocycles. The lowest BCUT2D eigenvalue weighted by atomic mass is 10.1. The van der Waals surface area contributed by atoms with E-state index in [4.69, 9.17) is 5.11 Å². The van der Waals surface area contributed by atoms with Gasteiger partial charge in [0.25, 0.3) is 0 Å². The summed E-state index contributed by atoms with van der Waals surface area (Å²) >= 11 is 0. The van der Waals surface area contributed by atoms with Gasteiger partial charge in [0.1, 0.15) is 5.82 Å². The Labute approximate surface area is 74.7 Å². The van der Waals surface area contributed by atoms with E-state index in [1.165, 1.54) is 6.07 Å². The maximum atomic E-state index is 13.1. The molecule has 0 amide bonds. The maximum Gasteiger partial charge on any atom is 0.129 e. The number of pyridine rings is 1. The Morgan fingerprint density at radius 1 is 1.31 bits per heavy atom. The normalized spacial score (nSPS) is 10.6. The summed E-state index contributed by atoms with van der Waals surface area (Å²) in [4.78, 5) is 3.91. The van der Waals surface area contributed by atoms with E-state index in [-0.39, 0.29) is 12.4 Å². The van der Waals surface area contributed by atoms with Crippen molar-refractivity contribution in [3.8, 4) is 0 Å². The topological polar surface area (TPSA) is 33.1 Å². The van der Waals surface area contributed by atoms with Crippen molar-refractivity contribution >= 4 is 10.8 Å². The van der Waals surface area contributed by atoms with Crippen LogP contribution in [-0.2, 0) is 6.61 Å². The standard InChI is InChI=1S/C10H8FNO/c11-10-2-1-7-5-12-4-3-8(7)9(10)6-13/h1-5,13H,6H2. The molecule has 0 bridgehead atoms. The van der Waals surface area contributed by atoms with E-state index in [1.807, 2.05) is 0 Å². The van der Waals surface area contributed by atoms with Crippen LogP contribution in [0, 0.1) is 5.82 Å². The first-order valence-corrected chi connectivity index (χ1v) is 3.95. The van der Waals surface area contributed by atoms with Gasteiger partial charge in [-0.15, -0.1) is 0 Å². The van der Waals surface area contributed by atoms with Crippen molar-refractivity contribution < 1.29 is 9.50 Å². The van der Waals surface area contributed by atoms with Gasteiger partial charge in [-0.2, -0.15) is 0 Å². The van der Waals surface area contributed by atoms with Crippen LogP contribution < -0.4 is 0 Å². The summed E-state index contributed by atoms with van der Waals surface area (Å²) in [6.45, 7) is -0.285. The lowest BCUT2D eigenvalue weighted by Gasteiger charge is -2.03. The third-order valence-corrected chi connectivity index (χ3v) is 2.03. The van der Waals surface area contributed by atoms with Crippen LogP contribution in [-0.4, -0.2) is 10.1 Å². The molecule has 0 unspecified atom stereocenters. The fourth-order valence-corrected chi connectivity index (χ4v) is 1.37. The fraction of sp³-hybridized carbons (Fsp3) is 0.100. The Hall–Kier alpha value is -1.48. The van der Waals surface area contributed by atoms with E-state index in [9.17, 15) is 4.39 Å². The molecule has 0 aliphatic heterocycles. The van der Waals surface area contributed by atoms with E-state index in [0.717, 1.165) is 10.8 Å². The second kappa shape index (κ2) is 3.11. The van der Waals surface area contributed by atoms with Gasteiger partial charge in [0.15, 0.2) is 0 Å². The van der Waals surface area contributed by atoms with E-state index in [0.29, 0.717) is 5.56 Å². The van der Waals surface area contributed by atoms with Gasteiger partial charge < -0.3 is 5.11 Å². The number of aromatic nitrogens is 1. The largest absolute Gasteiger partial charge is 0.392 e. The third-order valence-electron chi connectivity index (χ3n) is 2.03. The van der Waals surface area contributed by atoms with Crippen LogP contribution in [0.25, 0.3) is 10.8 Å². The molecule has 2 nitrogen and oxygen atoms in total. The Morgan fingerprint density at radius 3 is 2.92 bits per heavy atom. The summed E-state index contributed by atoms with van der Waals surface area (Å²) in [5.74, 6) is -0.374. The van der Waals surface area contributed by atoms with Crippen molar-refractivity contribution in [1.29, 1.82) is 0 Å². The van der Waals surface area contributed by atoms with Gasteiger partial charge in [-0.1, -0.05) is 0 Å². The molecule has 3 heteroatoms. The second-order valence-electron chi connectivity index (χ2n) is 2.78. The molecule has 1 N–H and O–H groups in total. The molecule has 1 aromatic carbocycles. The van der Waals surface area contributed by atoms with Gasteiger partial charge >= 0.3 is 0 Å². The predicted molar refractivity (Wildman–Crippen MR) is 47.6 cm³/mol. The molecular weight excluding hydrogens is 169 g/mol. The highest BCUT2D eigenvalue weighted by Crippen LogP contribution is 2.20. The van der Waals surface area contributed by atoms with Gasteiger partial charge in [-0.05, 0) is 23.6 Å². The molecule has 66 valence electrons. The lowest BCUT2D eigenvalue weighted by Crippen LogP contribution is -1.91. The van der Waals surface area contributed by atoms with Gasteiger partial charge in [0.2, 0.25) is 0 Å². The number of halogens is 1. The van der Waals surface area contributed by atoms with Gasteiger partial charge in [0.05, 0.1) is 6.61 Å². The highest BCUT2D eigenvalue weighted by molar-refractivity contribution is 5.84. The molecule has 0 aliphatic rings. The third kappa shape index (κ3) is 1.27. The number of nitrogens with zero attached hydrogens (tertiary/aromatic N) is 1. The van der Waals surface area contributed by atoms with Crippen LogP contribution in [0.15, 0.2) is 30.6 Å². The van der Waals surface area contributed by atoms with E-state index >= 15 is 0 Å². The molecule has 13 heavy (non-hydrogen) atoms. The molecule has 0 fully saturated rings. The Balaban J connectivity index is 2.84. The van der Waals surface area contributed by atoms with Gasteiger partial charge in [-0.3, -0.25) is 4.98 Å². The quantitative estimate of drug-likeness (QED) is 0.721. The van der Waals surface area contributed by atoms with Gasteiger partial charge in [0, 0.05) is 23.3 Å². The molecular formula is C10H8FNO. The SMILES string of the molecule is OCc1c(F)ccc2cnccc12. The van der Waals surface area contributed by atoms with Crippen LogP contribution in [0.4, 0.5) is 4.39 Å². The van der Waals surface area contributed by atoms with Crippen molar-refractivity contribution in [2.75, 3.05) is 0 Å². The maximum absolute atomic E-state index is 13.1. The number of hydrogen-bond acceptors (Lipinski definition) is 2. The highest BCUT2D eigenvalue weighted by atomic mass is 19.1. The Bertz CT molecular complexity index is 442. The zero-order valence-electron chi connectivity index (χ0n) is 6.87. The molecule has 1 heterocycles. The zero-order chi connectivity index (χ0) is 9.26. The van der Waals surface area contributed by atoms with Crippen molar-refractivity contribution in [1.82, 2.24) is 4.98 Å². The molecule has 2 aromatic rings. The average Bonchev–Trinajstić information content (AvgIpc) is 2.18. The first kappa shape index (κ1) is 8.13. The van der Waals surface area contributed by atoms with Crippen LogP contribution in [0.3, 0.4) is 0 Å². The molecule has 0 aliphatic carbocycles. The minimum atomic E-state index is -0.374. The highest BCUT2D eigenvalue weighted by Gasteiger charge is 2.05. The van der Waals surface area contributed by atoms with E-state index in [2.05, 4.69) is 4.98 Å². The number of hydrogen-bond donors (Lipinski definition) is 1. The molecule has 0 atom stereocenters. The number of benzene rings is 1. The molecule has 1 aromatic heterocycles. The fourth-order valence-electron chi connectivity index (χ4n) is 1.37. The van der Waals surface area contributed by atoms with Crippen LogP contribution >= 0.6 is 0 Å². The number of rotatable bonds is 1. The smallest absolute Gasteiger partial charge is 0.129 e. The first-order chi connectivity index (χ1) is 6.33. The monoisotopic (exact) mass is 177 g/mol. The Kier molecular flexibility index (Phi) is 1.94. The Morgan fingerprint density at radius 2 is 2.15 bits per heavy atom. The summed E-state index contributed by atoms with van der Waals surface area (Å²) in [7, 11) is 0. The van der Waals surface area contributed by atoms with Crippen LogP contribution in [0.5, 0.6) is 0 Å². The summed E-state index contributed by atoms with van der Waals surface area (Å²) in [5.41, 5.74) is 0.333. The lowest BCUT2D eigenvalue weighted by molar-refractivity contribution is 0.277. The molecule has 0 saturated carbocycles. The molecule has 2 rings (SSSR count). The number of aliphatic hydroxyl groups excluding tert-OH is 1. The van der Waals surface area contributed by atoms with E-state index < -0.39 is 0 Å². The first-order valence-electron chi connectivity index (χ1n) is 3.95. The summed E-state index contributed by atoms with van der Waals surface area (Å²) in [5, 5.41) is 10.5. The zero-order valence-corrected chi connectivity index (χ0v) is 6.87. The predicted octanol–water partition coefficient (Wildman–Crippen LogP) is 1.87. The van der Waals surface area contributed by atoms with Gasteiger partial charge in [-0.25, -0.2) is 4.39 Å². The summed E-state index contributed by atoms with van der Waals surface area (Å²) in [6, 6.07) is 4.69. The van der Waals surface area contributed by atoms with Crippen molar-refractivity contribution in [2.45, 2.75) is 6.61 Å². The van der Waals surface area contributed by atoms with E-state index in [1.54, 1.807) is 24.5 Å². The number of aliphatic hydroxyl groups is 1. The molecule has 0 radical (unpaired) electrons. The average molecular weight is 177 g/mol. The number of fused-ring (bicyclic) bond motifs is 1. The van der Waals surface area contributed by atoms with Crippen molar-refractivity contribution in [3.05, 3.63) is 42.0 Å².